The SMILES string of the molecule is [B]C([B])([B])NC(=O)CN(C)c1ccc2c(-c3ccccc3C)cc(=O)oc2c1. The molecule has 0 aliphatic carbocycles. The zero-order valence-corrected chi connectivity index (χ0v) is 15.7. The Labute approximate surface area is 167 Å². The van der Waals surface area contributed by atoms with Crippen molar-refractivity contribution in [3.8, 4) is 11.1 Å². The average molecular weight is 366 g/mol. The molecule has 0 unspecified atom stereocenters. The predicted molar refractivity (Wildman–Crippen MR) is 114 cm³/mol. The summed E-state index contributed by atoms with van der Waals surface area (Å²) in [5.74, 6) is -0.440. The van der Waals surface area contributed by atoms with Crippen LogP contribution in [0, 0.1) is 6.92 Å². The molecule has 0 saturated heterocycles. The van der Waals surface area contributed by atoms with E-state index in [-0.39, 0.29) is 6.54 Å². The van der Waals surface area contributed by atoms with E-state index in [0.29, 0.717) is 11.3 Å². The summed E-state index contributed by atoms with van der Waals surface area (Å²) in [4.78, 5) is 25.8. The highest BCUT2D eigenvalue weighted by Crippen LogP contribution is 2.31. The number of nitrogens with zero attached hydrogens (tertiary/aromatic N) is 1. The fourth-order valence-electron chi connectivity index (χ4n) is 3.07. The molecule has 1 aromatic heterocycles. The van der Waals surface area contributed by atoms with Crippen molar-refractivity contribution in [1.29, 1.82) is 0 Å². The monoisotopic (exact) mass is 366 g/mol. The van der Waals surface area contributed by atoms with Gasteiger partial charge in [0.1, 0.15) is 5.58 Å². The van der Waals surface area contributed by atoms with Crippen molar-refractivity contribution in [1.82, 2.24) is 5.32 Å². The van der Waals surface area contributed by atoms with E-state index in [0.717, 1.165) is 22.1 Å². The van der Waals surface area contributed by atoms with Crippen LogP contribution < -0.4 is 15.8 Å². The molecule has 0 bridgehead atoms. The van der Waals surface area contributed by atoms with Crippen molar-refractivity contribution in [2.75, 3.05) is 18.5 Å². The zero-order chi connectivity index (χ0) is 20.5. The molecule has 8 heteroatoms. The van der Waals surface area contributed by atoms with E-state index < -0.39 is 16.8 Å². The summed E-state index contributed by atoms with van der Waals surface area (Å²) < 4.78 is 5.40. The topological polar surface area (TPSA) is 62.6 Å². The third-order valence-electron chi connectivity index (χ3n) is 4.34. The van der Waals surface area contributed by atoms with Gasteiger partial charge in [0.2, 0.25) is 5.91 Å². The Morgan fingerprint density at radius 2 is 1.82 bits per heavy atom. The predicted octanol–water partition coefficient (Wildman–Crippen LogP) is 1.44. The molecule has 1 N–H and O–H groups in total. The fraction of sp³-hybridized carbons (Fsp3) is 0.200. The third-order valence-corrected chi connectivity index (χ3v) is 4.34. The third kappa shape index (κ3) is 4.50. The molecule has 1 amide bonds. The maximum atomic E-state index is 12.1. The van der Waals surface area contributed by atoms with Crippen molar-refractivity contribution in [2.45, 2.75) is 12.2 Å². The van der Waals surface area contributed by atoms with Crippen molar-refractivity contribution < 1.29 is 9.21 Å². The van der Waals surface area contributed by atoms with Crippen LogP contribution in [-0.4, -0.2) is 48.3 Å². The summed E-state index contributed by atoms with van der Waals surface area (Å²) in [5, 5.41) is 1.31. The highest BCUT2D eigenvalue weighted by Gasteiger charge is 2.16. The number of fused-ring (bicyclic) bond motifs is 1. The fourth-order valence-corrected chi connectivity index (χ4v) is 3.07. The number of anilines is 1. The smallest absolute Gasteiger partial charge is 0.336 e. The van der Waals surface area contributed by atoms with Crippen molar-refractivity contribution in [3.63, 3.8) is 0 Å². The van der Waals surface area contributed by atoms with Crippen LogP contribution >= 0.6 is 0 Å². The molecular weight excluding hydrogens is 349 g/mol. The molecule has 0 saturated carbocycles. The molecule has 5 nitrogen and oxygen atoms in total. The largest absolute Gasteiger partial charge is 0.423 e. The van der Waals surface area contributed by atoms with Crippen LogP contribution in [0.25, 0.3) is 22.1 Å². The summed E-state index contributed by atoms with van der Waals surface area (Å²) in [5.41, 5.74) is 3.50. The van der Waals surface area contributed by atoms with Gasteiger partial charge in [0.25, 0.3) is 0 Å². The Morgan fingerprint density at radius 1 is 1.11 bits per heavy atom. The minimum absolute atomic E-state index is 0.0272. The number of hydrogen-bond donors (Lipinski definition) is 1. The molecule has 28 heavy (non-hydrogen) atoms. The minimum atomic E-state index is -1.78. The Kier molecular flexibility index (Phi) is 5.41. The van der Waals surface area contributed by atoms with Crippen LogP contribution in [0.4, 0.5) is 5.69 Å². The second-order valence-corrected chi connectivity index (χ2v) is 6.81. The zero-order valence-electron chi connectivity index (χ0n) is 15.7. The number of nitrogens with one attached hydrogen (secondary N) is 1. The van der Waals surface area contributed by atoms with Gasteiger partial charge in [0, 0.05) is 35.8 Å². The molecule has 0 atom stereocenters. The molecule has 134 valence electrons. The molecule has 0 fully saturated rings. The van der Waals surface area contributed by atoms with Crippen LogP contribution in [-0.2, 0) is 4.79 Å². The molecule has 3 aromatic rings. The Hall–Kier alpha value is -2.89. The highest BCUT2D eigenvalue weighted by atomic mass is 16.4. The number of benzene rings is 2. The van der Waals surface area contributed by atoms with Gasteiger partial charge in [-0.05, 0) is 30.2 Å². The van der Waals surface area contributed by atoms with E-state index in [1.54, 1.807) is 18.0 Å². The highest BCUT2D eigenvalue weighted by molar-refractivity contribution is 6.59. The maximum Gasteiger partial charge on any atom is 0.336 e. The van der Waals surface area contributed by atoms with Crippen LogP contribution in [0.3, 0.4) is 0 Å². The van der Waals surface area contributed by atoms with Gasteiger partial charge < -0.3 is 14.6 Å². The van der Waals surface area contributed by atoms with Gasteiger partial charge in [-0.2, -0.15) is 0 Å². The molecule has 2 aromatic carbocycles. The van der Waals surface area contributed by atoms with Gasteiger partial charge in [0.05, 0.1) is 30.1 Å². The number of hydrogen-bond acceptors (Lipinski definition) is 4. The molecule has 0 aliphatic heterocycles. The quantitative estimate of drug-likeness (QED) is 0.549. The van der Waals surface area contributed by atoms with Crippen LogP contribution in [0.2, 0.25) is 0 Å². The summed E-state index contributed by atoms with van der Waals surface area (Å²) >= 11 is 0. The first-order valence-corrected chi connectivity index (χ1v) is 8.67. The van der Waals surface area contributed by atoms with Gasteiger partial charge in [-0.25, -0.2) is 4.79 Å². The van der Waals surface area contributed by atoms with E-state index in [1.807, 2.05) is 43.3 Å². The molecule has 6 radical (unpaired) electrons. The average Bonchev–Trinajstić information content (AvgIpc) is 2.59. The summed E-state index contributed by atoms with van der Waals surface area (Å²) in [6.45, 7) is 1.96. The number of aryl methyl sites for hydroxylation is 1. The first kappa shape index (κ1) is 19.9. The summed E-state index contributed by atoms with van der Waals surface area (Å²) in [7, 11) is 17.9. The lowest BCUT2D eigenvalue weighted by molar-refractivity contribution is -0.119. The van der Waals surface area contributed by atoms with E-state index in [2.05, 4.69) is 5.32 Å². The molecule has 0 spiro atoms. The van der Waals surface area contributed by atoms with Crippen LogP contribution in [0.1, 0.15) is 5.56 Å². The number of rotatable bonds is 5. The molecular formula is C20H17B3N2O3. The number of likely N-dealkylation sites (N-methyl/N-ethyl adjacent to an activating group) is 1. The summed E-state index contributed by atoms with van der Waals surface area (Å²) in [6, 6.07) is 14.7. The lowest BCUT2D eigenvalue weighted by Gasteiger charge is -2.25. The standard InChI is InChI=1S/C20H17B3N2O3/c1-12-5-3-4-6-14(12)16-10-19(27)28-17-9-13(7-8-15(16)17)25(2)11-18(26)24-20(21,22)23/h3-10H,11H2,1-2H3,(H,24,26). The molecule has 0 aliphatic rings. The lowest BCUT2D eigenvalue weighted by Crippen LogP contribution is -2.52. The number of amides is 1. The van der Waals surface area contributed by atoms with Gasteiger partial charge in [-0.15, -0.1) is 0 Å². The normalized spacial score (nSPS) is 11.4. The first-order chi connectivity index (χ1) is 13.1. The maximum absolute atomic E-state index is 12.1. The van der Waals surface area contributed by atoms with Crippen molar-refractivity contribution in [2.24, 2.45) is 0 Å². The number of carbonyl (C=O) groups excluding carboxylic acids is 1. The minimum Gasteiger partial charge on any atom is -0.423 e. The Bertz CT molecular complexity index is 1090. The van der Waals surface area contributed by atoms with Gasteiger partial charge in [-0.3, -0.25) is 4.79 Å². The van der Waals surface area contributed by atoms with E-state index >= 15 is 0 Å². The molecule has 1 heterocycles. The Morgan fingerprint density at radius 3 is 2.50 bits per heavy atom. The van der Waals surface area contributed by atoms with E-state index in [9.17, 15) is 9.59 Å². The van der Waals surface area contributed by atoms with E-state index in [4.69, 9.17) is 28.0 Å². The number of carbonyl (C=O) groups is 1. The van der Waals surface area contributed by atoms with Gasteiger partial charge in [0.15, 0.2) is 0 Å². The van der Waals surface area contributed by atoms with Crippen molar-refractivity contribution >= 4 is 46.1 Å². The van der Waals surface area contributed by atoms with Crippen LogP contribution in [0.15, 0.2) is 57.7 Å². The van der Waals surface area contributed by atoms with Crippen molar-refractivity contribution in [3.05, 3.63) is 64.5 Å². The second kappa shape index (κ2) is 7.62. The van der Waals surface area contributed by atoms with Crippen LogP contribution in [0.5, 0.6) is 0 Å². The summed E-state index contributed by atoms with van der Waals surface area (Å²) in [6.07, 6.45) is 0. The van der Waals surface area contributed by atoms with Gasteiger partial charge >= 0.3 is 5.63 Å². The lowest BCUT2D eigenvalue weighted by atomic mass is 9.49. The Balaban J connectivity index is 1.98. The first-order valence-electron chi connectivity index (χ1n) is 8.67. The molecule has 3 rings (SSSR count). The van der Waals surface area contributed by atoms with E-state index in [1.165, 1.54) is 6.07 Å². The second-order valence-electron chi connectivity index (χ2n) is 6.81. The van der Waals surface area contributed by atoms with Gasteiger partial charge in [-0.1, -0.05) is 29.5 Å².